The van der Waals surface area contributed by atoms with Crippen molar-refractivity contribution < 1.29 is 9.47 Å². The molecule has 0 heterocycles. The maximum Gasteiger partial charge on any atom is 0.0477 e. The fraction of sp³-hybridized carbons (Fsp3) is 1.00. The van der Waals surface area contributed by atoms with Crippen molar-refractivity contribution in [2.45, 2.75) is 39.2 Å². The summed E-state index contributed by atoms with van der Waals surface area (Å²) in [6, 6.07) is 0.576. The van der Waals surface area contributed by atoms with Gasteiger partial charge in [0.05, 0.1) is 0 Å². The second-order valence-corrected chi connectivity index (χ2v) is 4.29. The van der Waals surface area contributed by atoms with E-state index in [0.717, 1.165) is 32.6 Å². The minimum Gasteiger partial charge on any atom is -0.385 e. The van der Waals surface area contributed by atoms with E-state index in [-0.39, 0.29) is 0 Å². The van der Waals surface area contributed by atoms with E-state index in [0.29, 0.717) is 12.0 Å². The number of methoxy groups -OCH3 is 2. The molecular formula is C12H27NO2. The lowest BCUT2D eigenvalue weighted by molar-refractivity contribution is 0.171. The third-order valence-corrected chi connectivity index (χ3v) is 2.62. The van der Waals surface area contributed by atoms with Gasteiger partial charge in [0.25, 0.3) is 0 Å². The Balaban J connectivity index is 3.48. The topological polar surface area (TPSA) is 30.5 Å². The van der Waals surface area contributed by atoms with E-state index in [2.05, 4.69) is 19.2 Å². The third-order valence-electron chi connectivity index (χ3n) is 2.62. The molecule has 3 heteroatoms. The van der Waals surface area contributed by atoms with Crippen molar-refractivity contribution in [2.75, 3.05) is 34.0 Å². The molecule has 0 bridgehead atoms. The molecule has 0 aliphatic heterocycles. The summed E-state index contributed by atoms with van der Waals surface area (Å²) in [5, 5.41) is 3.58. The fourth-order valence-corrected chi connectivity index (χ4v) is 1.57. The van der Waals surface area contributed by atoms with Crippen LogP contribution in [-0.4, -0.2) is 40.0 Å². The average molecular weight is 217 g/mol. The first-order chi connectivity index (χ1) is 7.22. The molecule has 0 aromatic rings. The van der Waals surface area contributed by atoms with E-state index in [1.54, 1.807) is 14.2 Å². The van der Waals surface area contributed by atoms with Crippen LogP contribution >= 0.6 is 0 Å². The zero-order chi connectivity index (χ0) is 11.5. The minimum absolute atomic E-state index is 0.576. The van der Waals surface area contributed by atoms with Crippen LogP contribution in [0.3, 0.4) is 0 Å². The minimum atomic E-state index is 0.576. The Bertz CT molecular complexity index is 129. The Morgan fingerprint density at radius 2 is 1.67 bits per heavy atom. The van der Waals surface area contributed by atoms with E-state index in [9.17, 15) is 0 Å². The number of nitrogens with one attached hydrogen (secondary N) is 1. The zero-order valence-electron chi connectivity index (χ0n) is 10.7. The molecule has 0 aromatic carbocycles. The summed E-state index contributed by atoms with van der Waals surface area (Å²) >= 11 is 0. The van der Waals surface area contributed by atoms with Crippen molar-refractivity contribution in [3.05, 3.63) is 0 Å². The zero-order valence-corrected chi connectivity index (χ0v) is 10.7. The van der Waals surface area contributed by atoms with Crippen LogP contribution in [-0.2, 0) is 9.47 Å². The first-order valence-electron chi connectivity index (χ1n) is 5.93. The molecule has 0 amide bonds. The maximum atomic E-state index is 5.11. The smallest absolute Gasteiger partial charge is 0.0477 e. The number of rotatable bonds is 10. The highest BCUT2D eigenvalue weighted by molar-refractivity contribution is 4.70. The van der Waals surface area contributed by atoms with Crippen LogP contribution in [0.4, 0.5) is 0 Å². The van der Waals surface area contributed by atoms with Gasteiger partial charge in [0.2, 0.25) is 0 Å². The normalized spacial score (nSPS) is 13.4. The molecule has 15 heavy (non-hydrogen) atoms. The van der Waals surface area contributed by atoms with Crippen LogP contribution in [0.1, 0.15) is 33.1 Å². The number of ether oxygens (including phenoxy) is 2. The molecule has 1 atom stereocenters. The molecule has 92 valence electrons. The van der Waals surface area contributed by atoms with Gasteiger partial charge in [0.1, 0.15) is 0 Å². The molecule has 0 aromatic heterocycles. The Morgan fingerprint density at radius 3 is 2.20 bits per heavy atom. The van der Waals surface area contributed by atoms with E-state index < -0.39 is 0 Å². The van der Waals surface area contributed by atoms with Gasteiger partial charge in [-0.3, -0.25) is 0 Å². The van der Waals surface area contributed by atoms with Gasteiger partial charge >= 0.3 is 0 Å². The van der Waals surface area contributed by atoms with E-state index in [1.165, 1.54) is 6.42 Å². The summed E-state index contributed by atoms with van der Waals surface area (Å²) in [5.74, 6) is 0.669. The van der Waals surface area contributed by atoms with E-state index >= 15 is 0 Å². The Kier molecular flexibility index (Phi) is 10.3. The number of hydrogen-bond donors (Lipinski definition) is 1. The van der Waals surface area contributed by atoms with Crippen molar-refractivity contribution in [1.29, 1.82) is 0 Å². The highest BCUT2D eigenvalue weighted by Crippen LogP contribution is 2.06. The Labute approximate surface area is 94.5 Å². The van der Waals surface area contributed by atoms with Crippen LogP contribution in [0.5, 0.6) is 0 Å². The summed E-state index contributed by atoms with van der Waals surface area (Å²) in [4.78, 5) is 0. The Hall–Kier alpha value is -0.120. The standard InChI is InChI=1S/C12H27NO2/c1-11(2)12(7-10-15-4)13-8-5-6-9-14-3/h11-13H,5-10H2,1-4H3. The molecule has 0 aliphatic carbocycles. The van der Waals surface area contributed by atoms with Crippen LogP contribution < -0.4 is 5.32 Å². The summed E-state index contributed by atoms with van der Waals surface area (Å²) < 4.78 is 10.1. The van der Waals surface area contributed by atoms with Crippen molar-refractivity contribution >= 4 is 0 Å². The molecule has 0 spiro atoms. The van der Waals surface area contributed by atoms with Crippen LogP contribution in [0.25, 0.3) is 0 Å². The predicted octanol–water partition coefficient (Wildman–Crippen LogP) is 2.06. The molecule has 0 saturated carbocycles. The number of unbranched alkanes of at least 4 members (excludes halogenated alkanes) is 1. The van der Waals surface area contributed by atoms with Gasteiger partial charge in [0, 0.05) is 33.5 Å². The molecule has 1 unspecified atom stereocenters. The lowest BCUT2D eigenvalue weighted by Gasteiger charge is -2.22. The van der Waals surface area contributed by atoms with Gasteiger partial charge in [-0.2, -0.15) is 0 Å². The quantitative estimate of drug-likeness (QED) is 0.568. The second kappa shape index (κ2) is 10.4. The van der Waals surface area contributed by atoms with Crippen LogP contribution in [0.2, 0.25) is 0 Å². The highest BCUT2D eigenvalue weighted by Gasteiger charge is 2.11. The van der Waals surface area contributed by atoms with Gasteiger partial charge in [0.15, 0.2) is 0 Å². The number of hydrogen-bond acceptors (Lipinski definition) is 3. The summed E-state index contributed by atoms with van der Waals surface area (Å²) in [6.45, 7) is 7.29. The molecule has 0 rings (SSSR count). The van der Waals surface area contributed by atoms with Gasteiger partial charge in [-0.25, -0.2) is 0 Å². The van der Waals surface area contributed by atoms with E-state index in [4.69, 9.17) is 9.47 Å². The molecule has 3 nitrogen and oxygen atoms in total. The van der Waals surface area contributed by atoms with Gasteiger partial charge in [-0.1, -0.05) is 13.8 Å². The largest absolute Gasteiger partial charge is 0.385 e. The molecule has 0 radical (unpaired) electrons. The molecular weight excluding hydrogens is 190 g/mol. The third kappa shape index (κ3) is 8.85. The fourth-order valence-electron chi connectivity index (χ4n) is 1.57. The first-order valence-corrected chi connectivity index (χ1v) is 5.93. The van der Waals surface area contributed by atoms with Crippen molar-refractivity contribution in [2.24, 2.45) is 5.92 Å². The van der Waals surface area contributed by atoms with Gasteiger partial charge in [-0.15, -0.1) is 0 Å². The first kappa shape index (κ1) is 14.9. The Morgan fingerprint density at radius 1 is 1.00 bits per heavy atom. The molecule has 0 aliphatic rings. The summed E-state index contributed by atoms with van der Waals surface area (Å²) in [6.07, 6.45) is 3.42. The van der Waals surface area contributed by atoms with Crippen molar-refractivity contribution in [1.82, 2.24) is 5.32 Å². The average Bonchev–Trinajstić information content (AvgIpc) is 2.21. The summed E-state index contributed by atoms with van der Waals surface area (Å²) in [7, 11) is 3.51. The predicted molar refractivity (Wildman–Crippen MR) is 64.2 cm³/mol. The van der Waals surface area contributed by atoms with E-state index in [1.807, 2.05) is 0 Å². The van der Waals surface area contributed by atoms with Gasteiger partial charge < -0.3 is 14.8 Å². The summed E-state index contributed by atoms with van der Waals surface area (Å²) in [5.41, 5.74) is 0. The lowest BCUT2D eigenvalue weighted by Crippen LogP contribution is -2.35. The van der Waals surface area contributed by atoms with Gasteiger partial charge in [-0.05, 0) is 31.7 Å². The highest BCUT2D eigenvalue weighted by atomic mass is 16.5. The van der Waals surface area contributed by atoms with Crippen molar-refractivity contribution in [3.8, 4) is 0 Å². The maximum absolute atomic E-state index is 5.11. The van der Waals surface area contributed by atoms with Crippen LogP contribution in [0, 0.1) is 5.92 Å². The SMILES string of the molecule is COCCCCNC(CCOC)C(C)C. The molecule has 0 saturated heterocycles. The monoisotopic (exact) mass is 217 g/mol. The second-order valence-electron chi connectivity index (χ2n) is 4.29. The lowest BCUT2D eigenvalue weighted by atomic mass is 10.0. The van der Waals surface area contributed by atoms with Crippen molar-refractivity contribution in [3.63, 3.8) is 0 Å². The molecule has 0 fully saturated rings. The van der Waals surface area contributed by atoms with Crippen LogP contribution in [0.15, 0.2) is 0 Å². The molecule has 1 N–H and O–H groups in total.